The SMILES string of the molecule is C[C@@H](NC(=O)COC(=O)c1ccc(-n2cccn2)nc1)[C@H]1C[C@H]2CC[C@H]1C2. The quantitative estimate of drug-likeness (QED) is 0.791. The van der Waals surface area contributed by atoms with Gasteiger partial charge in [-0.05, 0) is 62.1 Å². The maximum absolute atomic E-state index is 12.1. The normalized spacial score (nSPS) is 24.6. The predicted molar refractivity (Wildman–Crippen MR) is 98.2 cm³/mol. The number of carbonyl (C=O) groups is 2. The van der Waals surface area contributed by atoms with Gasteiger partial charge in [-0.2, -0.15) is 5.10 Å². The number of nitrogens with zero attached hydrogens (tertiary/aromatic N) is 3. The van der Waals surface area contributed by atoms with Crippen LogP contribution in [0.4, 0.5) is 0 Å². The first kappa shape index (κ1) is 17.7. The average molecular weight is 368 g/mol. The van der Waals surface area contributed by atoms with Gasteiger partial charge in [0.15, 0.2) is 12.4 Å². The number of hydrogen-bond acceptors (Lipinski definition) is 5. The summed E-state index contributed by atoms with van der Waals surface area (Å²) in [6, 6.07) is 5.21. The van der Waals surface area contributed by atoms with E-state index in [0.29, 0.717) is 17.3 Å². The van der Waals surface area contributed by atoms with Gasteiger partial charge in [-0.25, -0.2) is 14.5 Å². The third-order valence-electron chi connectivity index (χ3n) is 5.88. The van der Waals surface area contributed by atoms with Gasteiger partial charge in [-0.1, -0.05) is 6.42 Å². The molecule has 2 aliphatic rings. The van der Waals surface area contributed by atoms with Crippen LogP contribution in [0.25, 0.3) is 5.82 Å². The Balaban J connectivity index is 1.25. The van der Waals surface area contributed by atoms with Gasteiger partial charge in [0.1, 0.15) is 0 Å². The zero-order valence-electron chi connectivity index (χ0n) is 15.4. The van der Waals surface area contributed by atoms with Gasteiger partial charge >= 0.3 is 5.97 Å². The van der Waals surface area contributed by atoms with E-state index in [9.17, 15) is 9.59 Å². The van der Waals surface area contributed by atoms with E-state index < -0.39 is 5.97 Å². The second-order valence-electron chi connectivity index (χ2n) is 7.63. The molecule has 0 aliphatic heterocycles. The van der Waals surface area contributed by atoms with Crippen molar-refractivity contribution in [3.8, 4) is 5.82 Å². The molecule has 7 nitrogen and oxygen atoms in total. The van der Waals surface area contributed by atoms with E-state index in [1.54, 1.807) is 35.3 Å². The van der Waals surface area contributed by atoms with Crippen LogP contribution in [0.15, 0.2) is 36.8 Å². The maximum Gasteiger partial charge on any atom is 0.340 e. The van der Waals surface area contributed by atoms with Gasteiger partial charge in [0.25, 0.3) is 5.91 Å². The Morgan fingerprint density at radius 3 is 2.85 bits per heavy atom. The maximum atomic E-state index is 12.1. The van der Waals surface area contributed by atoms with Gasteiger partial charge in [0.05, 0.1) is 5.56 Å². The van der Waals surface area contributed by atoms with Crippen LogP contribution in [0, 0.1) is 17.8 Å². The van der Waals surface area contributed by atoms with Crippen molar-refractivity contribution in [2.24, 2.45) is 17.8 Å². The van der Waals surface area contributed by atoms with Crippen LogP contribution in [-0.2, 0) is 9.53 Å². The van der Waals surface area contributed by atoms with Crippen molar-refractivity contribution in [2.45, 2.75) is 38.6 Å². The lowest BCUT2D eigenvalue weighted by atomic mass is 9.84. The molecule has 2 bridgehead atoms. The molecule has 2 fully saturated rings. The van der Waals surface area contributed by atoms with Gasteiger partial charge < -0.3 is 10.1 Å². The van der Waals surface area contributed by atoms with E-state index in [4.69, 9.17) is 4.74 Å². The number of pyridine rings is 1. The van der Waals surface area contributed by atoms with Gasteiger partial charge in [-0.15, -0.1) is 0 Å². The monoisotopic (exact) mass is 368 g/mol. The Hall–Kier alpha value is -2.70. The third-order valence-corrected chi connectivity index (χ3v) is 5.88. The van der Waals surface area contributed by atoms with Crippen LogP contribution in [0.3, 0.4) is 0 Å². The molecule has 7 heteroatoms. The Kier molecular flexibility index (Phi) is 4.92. The summed E-state index contributed by atoms with van der Waals surface area (Å²) in [7, 11) is 0. The molecule has 27 heavy (non-hydrogen) atoms. The number of esters is 1. The van der Waals surface area contributed by atoms with Crippen LogP contribution in [0.2, 0.25) is 0 Å². The highest BCUT2D eigenvalue weighted by molar-refractivity contribution is 5.91. The second kappa shape index (κ2) is 7.50. The number of rotatable bonds is 6. The molecule has 0 radical (unpaired) electrons. The Labute approximate surface area is 158 Å². The summed E-state index contributed by atoms with van der Waals surface area (Å²) in [5.41, 5.74) is 0.305. The third kappa shape index (κ3) is 3.86. The lowest BCUT2D eigenvalue weighted by Gasteiger charge is -2.28. The lowest BCUT2D eigenvalue weighted by molar-refractivity contribution is -0.125. The van der Waals surface area contributed by atoms with Crippen molar-refractivity contribution in [3.05, 3.63) is 42.4 Å². The number of nitrogens with one attached hydrogen (secondary N) is 1. The van der Waals surface area contributed by atoms with Crippen molar-refractivity contribution in [1.82, 2.24) is 20.1 Å². The van der Waals surface area contributed by atoms with Crippen molar-refractivity contribution >= 4 is 11.9 Å². The van der Waals surface area contributed by atoms with Crippen LogP contribution in [-0.4, -0.2) is 39.3 Å². The topological polar surface area (TPSA) is 86.1 Å². The van der Waals surface area contributed by atoms with Crippen LogP contribution < -0.4 is 5.32 Å². The first-order valence-electron chi connectivity index (χ1n) is 9.52. The van der Waals surface area contributed by atoms with E-state index in [2.05, 4.69) is 22.3 Å². The minimum absolute atomic E-state index is 0.126. The summed E-state index contributed by atoms with van der Waals surface area (Å²) < 4.78 is 6.73. The highest BCUT2D eigenvalue weighted by Crippen LogP contribution is 2.49. The Bertz CT molecular complexity index is 803. The molecule has 1 N–H and O–H groups in total. The van der Waals surface area contributed by atoms with Crippen LogP contribution >= 0.6 is 0 Å². The molecular weight excluding hydrogens is 344 g/mol. The standard InChI is InChI=1S/C20H24N4O3/c1-13(17-10-14-3-4-15(17)9-14)23-19(25)12-27-20(26)16-5-6-18(21-11-16)24-8-2-7-22-24/h2,5-8,11,13-15,17H,3-4,9-10,12H2,1H3,(H,23,25)/t13-,14+,15+,17-/m1/s1. The number of amides is 1. The fraction of sp³-hybridized carbons (Fsp3) is 0.500. The number of fused-ring (bicyclic) bond motifs is 2. The van der Waals surface area contributed by atoms with Crippen molar-refractivity contribution in [3.63, 3.8) is 0 Å². The molecule has 0 saturated heterocycles. The molecule has 4 atom stereocenters. The minimum Gasteiger partial charge on any atom is -0.452 e. The Morgan fingerprint density at radius 2 is 2.22 bits per heavy atom. The summed E-state index contributed by atoms with van der Waals surface area (Å²) >= 11 is 0. The van der Waals surface area contributed by atoms with E-state index in [1.165, 1.54) is 31.9 Å². The molecule has 0 unspecified atom stereocenters. The smallest absolute Gasteiger partial charge is 0.340 e. The lowest BCUT2D eigenvalue weighted by Crippen LogP contribution is -2.42. The molecule has 2 heterocycles. The second-order valence-corrected chi connectivity index (χ2v) is 7.63. The molecule has 2 aromatic rings. The van der Waals surface area contributed by atoms with Crippen LogP contribution in [0.1, 0.15) is 43.0 Å². The number of aromatic nitrogens is 3. The fourth-order valence-corrected chi connectivity index (χ4v) is 4.57. The average Bonchev–Trinajstić information content (AvgIpc) is 3.44. The number of carbonyl (C=O) groups excluding carboxylic acids is 2. The number of hydrogen-bond donors (Lipinski definition) is 1. The van der Waals surface area contributed by atoms with Crippen molar-refractivity contribution < 1.29 is 14.3 Å². The fourth-order valence-electron chi connectivity index (χ4n) is 4.57. The summed E-state index contributed by atoms with van der Waals surface area (Å²) in [6.45, 7) is 1.79. The highest BCUT2D eigenvalue weighted by Gasteiger charge is 2.42. The minimum atomic E-state index is -0.558. The summed E-state index contributed by atoms with van der Waals surface area (Å²) in [6.07, 6.45) is 9.98. The van der Waals surface area contributed by atoms with Crippen molar-refractivity contribution in [1.29, 1.82) is 0 Å². The molecule has 142 valence electrons. The van der Waals surface area contributed by atoms with Gasteiger partial charge in [0, 0.05) is 24.6 Å². The molecular formula is C20H24N4O3. The van der Waals surface area contributed by atoms with E-state index in [-0.39, 0.29) is 18.6 Å². The van der Waals surface area contributed by atoms with Crippen molar-refractivity contribution in [2.75, 3.05) is 6.61 Å². The molecule has 0 aromatic carbocycles. The molecule has 2 aromatic heterocycles. The van der Waals surface area contributed by atoms with Crippen LogP contribution in [0.5, 0.6) is 0 Å². The first-order chi connectivity index (χ1) is 13.1. The Morgan fingerprint density at radius 1 is 1.33 bits per heavy atom. The van der Waals surface area contributed by atoms with Gasteiger partial charge in [0.2, 0.25) is 0 Å². The molecule has 0 spiro atoms. The zero-order valence-corrected chi connectivity index (χ0v) is 15.4. The largest absolute Gasteiger partial charge is 0.452 e. The highest BCUT2D eigenvalue weighted by atomic mass is 16.5. The molecule has 2 saturated carbocycles. The van der Waals surface area contributed by atoms with Gasteiger partial charge in [-0.3, -0.25) is 4.79 Å². The summed E-state index contributed by atoms with van der Waals surface area (Å²) in [5.74, 6) is 1.94. The molecule has 4 rings (SSSR count). The van der Waals surface area contributed by atoms with E-state index in [1.807, 2.05) is 0 Å². The number of ether oxygens (including phenoxy) is 1. The first-order valence-corrected chi connectivity index (χ1v) is 9.52. The summed E-state index contributed by atoms with van der Waals surface area (Å²) in [5, 5.41) is 7.08. The molecule has 1 amide bonds. The zero-order chi connectivity index (χ0) is 18.8. The molecule has 2 aliphatic carbocycles. The van der Waals surface area contributed by atoms with E-state index >= 15 is 0 Å². The summed E-state index contributed by atoms with van der Waals surface area (Å²) in [4.78, 5) is 28.5. The predicted octanol–water partition coefficient (Wildman–Crippen LogP) is 2.37. The van der Waals surface area contributed by atoms with E-state index in [0.717, 1.165) is 11.8 Å².